The standard InChI is InChI=1S/C15H22FNO3/c1-9(2)7-13(15(19)20-4)17-10(3)12-6-5-11(16)8-14(12)18/h5-6,8-10,13,17-18H,7H2,1-4H3. The lowest BCUT2D eigenvalue weighted by Crippen LogP contribution is -2.40. The van der Waals surface area contributed by atoms with Gasteiger partial charge in [-0.05, 0) is 25.3 Å². The second kappa shape index (κ2) is 7.24. The molecule has 1 rings (SSSR count). The van der Waals surface area contributed by atoms with Crippen molar-refractivity contribution in [1.29, 1.82) is 0 Å². The average Bonchev–Trinajstić information content (AvgIpc) is 2.36. The maximum atomic E-state index is 13.0. The van der Waals surface area contributed by atoms with Crippen molar-refractivity contribution in [2.24, 2.45) is 5.92 Å². The number of rotatable bonds is 6. The molecular weight excluding hydrogens is 261 g/mol. The van der Waals surface area contributed by atoms with Gasteiger partial charge in [0, 0.05) is 17.7 Å². The summed E-state index contributed by atoms with van der Waals surface area (Å²) in [6, 6.07) is 3.09. The lowest BCUT2D eigenvalue weighted by molar-refractivity contribution is -0.143. The first kappa shape index (κ1) is 16.4. The Labute approximate surface area is 119 Å². The number of methoxy groups -OCH3 is 1. The molecule has 1 aromatic carbocycles. The molecule has 0 bridgehead atoms. The highest BCUT2D eigenvalue weighted by molar-refractivity contribution is 5.75. The lowest BCUT2D eigenvalue weighted by Gasteiger charge is -2.23. The third-order valence-corrected chi connectivity index (χ3v) is 3.10. The number of phenols is 1. The van der Waals surface area contributed by atoms with Crippen LogP contribution in [0.1, 0.15) is 38.8 Å². The minimum Gasteiger partial charge on any atom is -0.508 e. The van der Waals surface area contributed by atoms with Crippen molar-refractivity contribution in [3.8, 4) is 5.75 Å². The van der Waals surface area contributed by atoms with Crippen LogP contribution in [0.4, 0.5) is 4.39 Å². The summed E-state index contributed by atoms with van der Waals surface area (Å²) < 4.78 is 17.7. The van der Waals surface area contributed by atoms with E-state index in [-0.39, 0.29) is 17.8 Å². The van der Waals surface area contributed by atoms with E-state index in [9.17, 15) is 14.3 Å². The van der Waals surface area contributed by atoms with Gasteiger partial charge in [-0.2, -0.15) is 0 Å². The van der Waals surface area contributed by atoms with Crippen LogP contribution in [0.2, 0.25) is 0 Å². The first-order valence-corrected chi connectivity index (χ1v) is 6.67. The summed E-state index contributed by atoms with van der Waals surface area (Å²) in [5.41, 5.74) is 0.545. The fraction of sp³-hybridized carbons (Fsp3) is 0.533. The van der Waals surface area contributed by atoms with Gasteiger partial charge in [0.05, 0.1) is 7.11 Å². The van der Waals surface area contributed by atoms with Crippen molar-refractivity contribution >= 4 is 5.97 Å². The molecule has 0 spiro atoms. The number of halogens is 1. The lowest BCUT2D eigenvalue weighted by atomic mass is 10.0. The normalized spacial score (nSPS) is 14.1. The molecule has 2 atom stereocenters. The molecule has 20 heavy (non-hydrogen) atoms. The predicted molar refractivity (Wildman–Crippen MR) is 74.9 cm³/mol. The van der Waals surface area contributed by atoms with E-state index in [2.05, 4.69) is 5.32 Å². The number of esters is 1. The number of benzene rings is 1. The molecule has 2 N–H and O–H groups in total. The molecule has 0 fully saturated rings. The van der Waals surface area contributed by atoms with Gasteiger partial charge in [0.2, 0.25) is 0 Å². The molecule has 1 aromatic rings. The van der Waals surface area contributed by atoms with Crippen LogP contribution in [0.15, 0.2) is 18.2 Å². The zero-order valence-electron chi connectivity index (χ0n) is 12.3. The Morgan fingerprint density at radius 3 is 2.55 bits per heavy atom. The van der Waals surface area contributed by atoms with Gasteiger partial charge in [0.15, 0.2) is 0 Å². The van der Waals surface area contributed by atoms with E-state index in [4.69, 9.17) is 4.74 Å². The van der Waals surface area contributed by atoms with E-state index in [1.54, 1.807) is 0 Å². The van der Waals surface area contributed by atoms with Crippen molar-refractivity contribution in [1.82, 2.24) is 5.32 Å². The maximum absolute atomic E-state index is 13.0. The van der Waals surface area contributed by atoms with Gasteiger partial charge >= 0.3 is 5.97 Å². The second-order valence-corrected chi connectivity index (χ2v) is 5.30. The summed E-state index contributed by atoms with van der Waals surface area (Å²) in [4.78, 5) is 11.7. The van der Waals surface area contributed by atoms with Gasteiger partial charge in [-0.15, -0.1) is 0 Å². The van der Waals surface area contributed by atoms with Crippen LogP contribution in [0.3, 0.4) is 0 Å². The Morgan fingerprint density at radius 1 is 1.40 bits per heavy atom. The minimum absolute atomic E-state index is 0.127. The zero-order valence-corrected chi connectivity index (χ0v) is 12.3. The van der Waals surface area contributed by atoms with Crippen LogP contribution in [0.5, 0.6) is 5.75 Å². The quantitative estimate of drug-likeness (QED) is 0.788. The maximum Gasteiger partial charge on any atom is 0.322 e. The van der Waals surface area contributed by atoms with Gasteiger partial charge in [0.1, 0.15) is 17.6 Å². The highest BCUT2D eigenvalue weighted by atomic mass is 19.1. The summed E-state index contributed by atoms with van der Waals surface area (Å²) in [5, 5.41) is 12.9. The third-order valence-electron chi connectivity index (χ3n) is 3.10. The summed E-state index contributed by atoms with van der Waals surface area (Å²) >= 11 is 0. The van der Waals surface area contributed by atoms with E-state index in [1.165, 1.54) is 19.2 Å². The van der Waals surface area contributed by atoms with Gasteiger partial charge in [0.25, 0.3) is 0 Å². The number of aromatic hydroxyl groups is 1. The van der Waals surface area contributed by atoms with Crippen LogP contribution >= 0.6 is 0 Å². The SMILES string of the molecule is COC(=O)C(CC(C)C)NC(C)c1ccc(F)cc1O. The van der Waals surface area contributed by atoms with Crippen LogP contribution in [0.25, 0.3) is 0 Å². The van der Waals surface area contributed by atoms with Crippen LogP contribution in [-0.2, 0) is 9.53 Å². The number of nitrogens with one attached hydrogen (secondary N) is 1. The molecule has 2 unspecified atom stereocenters. The summed E-state index contributed by atoms with van der Waals surface area (Å²) in [5.74, 6) is -0.643. The molecule has 0 saturated carbocycles. The smallest absolute Gasteiger partial charge is 0.322 e. The van der Waals surface area contributed by atoms with Gasteiger partial charge in [-0.25, -0.2) is 4.39 Å². The first-order valence-electron chi connectivity index (χ1n) is 6.67. The Balaban J connectivity index is 2.84. The molecule has 112 valence electrons. The molecule has 0 aromatic heterocycles. The molecule has 5 heteroatoms. The van der Waals surface area contributed by atoms with Crippen LogP contribution in [-0.4, -0.2) is 24.2 Å². The molecule has 0 heterocycles. The molecule has 0 saturated heterocycles. The summed E-state index contributed by atoms with van der Waals surface area (Å²) in [7, 11) is 1.34. The fourth-order valence-electron chi connectivity index (χ4n) is 2.12. The van der Waals surface area contributed by atoms with Crippen molar-refractivity contribution in [3.05, 3.63) is 29.6 Å². The van der Waals surface area contributed by atoms with Crippen LogP contribution < -0.4 is 5.32 Å². The van der Waals surface area contributed by atoms with E-state index < -0.39 is 11.9 Å². The molecule has 0 aliphatic heterocycles. The predicted octanol–water partition coefficient (Wildman–Crippen LogP) is 2.77. The summed E-state index contributed by atoms with van der Waals surface area (Å²) in [6.07, 6.45) is 0.624. The minimum atomic E-state index is -0.495. The Kier molecular flexibility index (Phi) is 5.95. The number of hydrogen-bond acceptors (Lipinski definition) is 4. The monoisotopic (exact) mass is 283 g/mol. The van der Waals surface area contributed by atoms with E-state index in [0.29, 0.717) is 17.9 Å². The highest BCUT2D eigenvalue weighted by Crippen LogP contribution is 2.25. The number of carbonyl (C=O) groups excluding carboxylic acids is 1. The van der Waals surface area contributed by atoms with E-state index in [1.807, 2.05) is 20.8 Å². The highest BCUT2D eigenvalue weighted by Gasteiger charge is 2.23. The largest absolute Gasteiger partial charge is 0.508 e. The van der Waals surface area contributed by atoms with Crippen molar-refractivity contribution in [3.63, 3.8) is 0 Å². The van der Waals surface area contributed by atoms with Crippen molar-refractivity contribution in [2.45, 2.75) is 39.3 Å². The Hall–Kier alpha value is -1.62. The van der Waals surface area contributed by atoms with E-state index in [0.717, 1.165) is 6.07 Å². The van der Waals surface area contributed by atoms with E-state index >= 15 is 0 Å². The topological polar surface area (TPSA) is 58.6 Å². The molecular formula is C15H22FNO3. The molecule has 0 aliphatic rings. The third kappa shape index (κ3) is 4.49. The Morgan fingerprint density at radius 2 is 2.05 bits per heavy atom. The Bertz CT molecular complexity index is 462. The second-order valence-electron chi connectivity index (χ2n) is 5.30. The number of phenolic OH excluding ortho intramolecular Hbond substituents is 1. The van der Waals surface area contributed by atoms with Gasteiger partial charge in [-0.3, -0.25) is 10.1 Å². The van der Waals surface area contributed by atoms with Gasteiger partial charge in [-0.1, -0.05) is 19.9 Å². The zero-order chi connectivity index (χ0) is 15.3. The molecule has 0 radical (unpaired) electrons. The molecule has 0 amide bonds. The van der Waals surface area contributed by atoms with Gasteiger partial charge < -0.3 is 9.84 Å². The van der Waals surface area contributed by atoms with Crippen molar-refractivity contribution < 1.29 is 19.0 Å². The number of carbonyl (C=O) groups is 1. The average molecular weight is 283 g/mol. The van der Waals surface area contributed by atoms with Crippen molar-refractivity contribution in [2.75, 3.05) is 7.11 Å². The molecule has 4 nitrogen and oxygen atoms in total. The fourth-order valence-corrected chi connectivity index (χ4v) is 2.12. The number of ether oxygens (including phenoxy) is 1. The number of hydrogen-bond donors (Lipinski definition) is 2. The van der Waals surface area contributed by atoms with Crippen LogP contribution in [0, 0.1) is 11.7 Å². The molecule has 0 aliphatic carbocycles. The first-order chi connectivity index (χ1) is 9.35. The summed E-state index contributed by atoms with van der Waals surface area (Å²) in [6.45, 7) is 5.83.